The maximum absolute atomic E-state index is 14.6. The number of aromatic nitrogens is 4. The van der Waals surface area contributed by atoms with Gasteiger partial charge < -0.3 is 9.88 Å². The zero-order valence-electron chi connectivity index (χ0n) is 16.9. The lowest BCUT2D eigenvalue weighted by Gasteiger charge is -2.30. The number of fused-ring (bicyclic) bond motifs is 3. The van der Waals surface area contributed by atoms with Gasteiger partial charge in [-0.05, 0) is 49.5 Å². The van der Waals surface area contributed by atoms with Crippen molar-refractivity contribution in [1.29, 1.82) is 0 Å². The van der Waals surface area contributed by atoms with Crippen LogP contribution < -0.4 is 0 Å². The molecule has 0 spiro atoms. The molecule has 0 aromatic carbocycles. The average molecular weight is 428 g/mol. The number of nitrogens with zero attached hydrogens (tertiary/aromatic N) is 4. The van der Waals surface area contributed by atoms with Crippen molar-refractivity contribution in [3.8, 4) is 11.4 Å². The molecule has 0 saturated heterocycles. The molecule has 4 unspecified atom stereocenters. The Kier molecular flexibility index (Phi) is 4.73. The number of aromatic amines is 1. The van der Waals surface area contributed by atoms with Crippen molar-refractivity contribution >= 4 is 28.5 Å². The van der Waals surface area contributed by atoms with Crippen molar-refractivity contribution in [3.05, 3.63) is 41.2 Å². The summed E-state index contributed by atoms with van der Waals surface area (Å²) in [4.78, 5) is 30.4. The molecule has 3 heterocycles. The minimum atomic E-state index is -0.395. The number of nitrogens with one attached hydrogen (secondary N) is 1. The van der Waals surface area contributed by atoms with E-state index in [1.165, 1.54) is 6.20 Å². The van der Waals surface area contributed by atoms with Crippen molar-refractivity contribution in [1.82, 2.24) is 24.8 Å². The molecule has 2 fully saturated rings. The first-order valence-electron chi connectivity index (χ1n) is 10.3. The smallest absolute Gasteiger partial charge is 0.225 e. The second-order valence-electron chi connectivity index (χ2n) is 8.78. The van der Waals surface area contributed by atoms with Crippen LogP contribution in [0.2, 0.25) is 5.02 Å². The standard InChI is InChI=1S/C22H23ClFN5O/c1-29(2)22(30)16-5-11-3-12(14(16)4-11)6-19-18(24)10-27-21(28-19)17-9-26-20-15(17)7-13(23)8-25-20/h7-12,14,16H,3-6H2,1-2H3,(H,25,26). The van der Waals surface area contributed by atoms with E-state index >= 15 is 0 Å². The average Bonchev–Trinajstić information content (AvgIpc) is 3.42. The van der Waals surface area contributed by atoms with E-state index < -0.39 is 5.82 Å². The highest BCUT2D eigenvalue weighted by Gasteiger charge is 2.49. The van der Waals surface area contributed by atoms with Gasteiger partial charge in [-0.2, -0.15) is 0 Å². The molecule has 3 aromatic rings. The number of hydrogen-bond acceptors (Lipinski definition) is 4. The lowest BCUT2D eigenvalue weighted by Crippen LogP contribution is -2.36. The summed E-state index contributed by atoms with van der Waals surface area (Å²) in [7, 11) is 3.62. The molecular formula is C22H23ClFN5O. The molecule has 8 heteroatoms. The molecule has 1 N–H and O–H groups in total. The van der Waals surface area contributed by atoms with Crippen LogP contribution in [0.25, 0.3) is 22.4 Å². The summed E-state index contributed by atoms with van der Waals surface area (Å²) in [6.07, 6.45) is 8.16. The zero-order valence-corrected chi connectivity index (χ0v) is 17.7. The number of pyridine rings is 1. The Morgan fingerprint density at radius 2 is 2.10 bits per heavy atom. The molecule has 0 aliphatic heterocycles. The van der Waals surface area contributed by atoms with E-state index in [9.17, 15) is 9.18 Å². The maximum Gasteiger partial charge on any atom is 0.225 e. The van der Waals surface area contributed by atoms with Crippen molar-refractivity contribution in [3.63, 3.8) is 0 Å². The minimum absolute atomic E-state index is 0.0509. The van der Waals surface area contributed by atoms with Gasteiger partial charge in [0, 0.05) is 43.4 Å². The summed E-state index contributed by atoms with van der Waals surface area (Å²) in [5.41, 5.74) is 1.84. The number of rotatable bonds is 4. The van der Waals surface area contributed by atoms with Crippen molar-refractivity contribution in [2.75, 3.05) is 14.1 Å². The number of carbonyl (C=O) groups is 1. The normalized spacial score (nSPS) is 25.2. The molecule has 6 nitrogen and oxygen atoms in total. The second-order valence-corrected chi connectivity index (χ2v) is 9.22. The van der Waals surface area contributed by atoms with E-state index in [1.54, 1.807) is 23.4 Å². The fraction of sp³-hybridized carbons (Fsp3) is 0.455. The first kappa shape index (κ1) is 19.4. The monoisotopic (exact) mass is 427 g/mol. The van der Waals surface area contributed by atoms with Crippen LogP contribution in [-0.4, -0.2) is 44.8 Å². The molecule has 2 aliphatic carbocycles. The van der Waals surface area contributed by atoms with E-state index in [4.69, 9.17) is 11.6 Å². The molecule has 156 valence electrons. The molecule has 2 bridgehead atoms. The molecule has 4 atom stereocenters. The minimum Gasteiger partial charge on any atom is -0.349 e. The van der Waals surface area contributed by atoms with Gasteiger partial charge in [0.25, 0.3) is 0 Å². The predicted octanol–water partition coefficient (Wildman–Crippen LogP) is 4.11. The van der Waals surface area contributed by atoms with E-state index in [2.05, 4.69) is 19.9 Å². The Morgan fingerprint density at radius 3 is 2.87 bits per heavy atom. The molecule has 2 saturated carbocycles. The Bertz CT molecular complexity index is 1130. The summed E-state index contributed by atoms with van der Waals surface area (Å²) in [6, 6.07) is 1.80. The third-order valence-electron chi connectivity index (χ3n) is 6.72. The summed E-state index contributed by atoms with van der Waals surface area (Å²) in [5.74, 6) is 1.43. The van der Waals surface area contributed by atoms with Crippen LogP contribution in [0.3, 0.4) is 0 Å². The van der Waals surface area contributed by atoms with Gasteiger partial charge in [0.05, 0.1) is 16.9 Å². The summed E-state index contributed by atoms with van der Waals surface area (Å²) in [5, 5.41) is 1.32. The van der Waals surface area contributed by atoms with E-state index in [0.717, 1.165) is 30.2 Å². The fourth-order valence-corrected chi connectivity index (χ4v) is 5.59. The van der Waals surface area contributed by atoms with Gasteiger partial charge >= 0.3 is 0 Å². The van der Waals surface area contributed by atoms with Crippen molar-refractivity contribution in [2.24, 2.45) is 23.7 Å². The molecule has 5 rings (SSSR count). The Balaban J connectivity index is 1.43. The summed E-state index contributed by atoms with van der Waals surface area (Å²) >= 11 is 6.09. The number of hydrogen-bond donors (Lipinski definition) is 1. The summed E-state index contributed by atoms with van der Waals surface area (Å²) < 4.78 is 14.6. The molecule has 0 radical (unpaired) electrons. The molecule has 2 aliphatic rings. The Morgan fingerprint density at radius 1 is 1.27 bits per heavy atom. The van der Waals surface area contributed by atoms with Crippen LogP contribution in [0.1, 0.15) is 25.0 Å². The van der Waals surface area contributed by atoms with E-state index in [1.807, 2.05) is 14.1 Å². The van der Waals surface area contributed by atoms with Gasteiger partial charge in [0.15, 0.2) is 11.6 Å². The van der Waals surface area contributed by atoms with Gasteiger partial charge in [0.1, 0.15) is 5.65 Å². The van der Waals surface area contributed by atoms with Crippen LogP contribution in [0.4, 0.5) is 4.39 Å². The van der Waals surface area contributed by atoms with Gasteiger partial charge in [-0.15, -0.1) is 0 Å². The largest absolute Gasteiger partial charge is 0.349 e. The maximum atomic E-state index is 14.6. The highest BCUT2D eigenvalue weighted by atomic mass is 35.5. The highest BCUT2D eigenvalue weighted by Crippen LogP contribution is 2.53. The van der Waals surface area contributed by atoms with Gasteiger partial charge in [-0.1, -0.05) is 11.6 Å². The lowest BCUT2D eigenvalue weighted by atomic mass is 9.77. The van der Waals surface area contributed by atoms with Crippen LogP contribution in [0.5, 0.6) is 0 Å². The summed E-state index contributed by atoms with van der Waals surface area (Å²) in [6.45, 7) is 0. The lowest BCUT2D eigenvalue weighted by molar-refractivity contribution is -0.135. The van der Waals surface area contributed by atoms with Crippen molar-refractivity contribution in [2.45, 2.75) is 25.7 Å². The number of H-pyrrole nitrogens is 1. The van der Waals surface area contributed by atoms with Crippen LogP contribution >= 0.6 is 11.6 Å². The quantitative estimate of drug-likeness (QED) is 0.680. The third-order valence-corrected chi connectivity index (χ3v) is 6.93. The Labute approximate surface area is 178 Å². The predicted molar refractivity (Wildman–Crippen MR) is 112 cm³/mol. The van der Waals surface area contributed by atoms with Gasteiger partial charge in [-0.25, -0.2) is 19.3 Å². The number of amides is 1. The topological polar surface area (TPSA) is 74.8 Å². The van der Waals surface area contributed by atoms with E-state index in [-0.39, 0.29) is 17.7 Å². The molecular weight excluding hydrogens is 405 g/mol. The first-order valence-corrected chi connectivity index (χ1v) is 10.6. The molecule has 30 heavy (non-hydrogen) atoms. The van der Waals surface area contributed by atoms with Gasteiger partial charge in [-0.3, -0.25) is 4.79 Å². The van der Waals surface area contributed by atoms with Crippen molar-refractivity contribution < 1.29 is 9.18 Å². The van der Waals surface area contributed by atoms with Crippen LogP contribution in [0.15, 0.2) is 24.7 Å². The second kappa shape index (κ2) is 7.30. The number of halogens is 2. The molecule has 3 aromatic heterocycles. The fourth-order valence-electron chi connectivity index (χ4n) is 5.43. The Hall–Kier alpha value is -2.54. The molecule has 1 amide bonds. The SMILES string of the molecule is CN(C)C(=O)C1CC2CC(Cc3nc(-c4c[nH]c5ncc(Cl)cc45)ncc3F)C1C2. The third kappa shape index (κ3) is 3.25. The van der Waals surface area contributed by atoms with Crippen LogP contribution in [0, 0.1) is 29.5 Å². The first-order chi connectivity index (χ1) is 14.4. The van der Waals surface area contributed by atoms with Crippen LogP contribution in [-0.2, 0) is 11.2 Å². The van der Waals surface area contributed by atoms with Gasteiger partial charge in [0.2, 0.25) is 5.91 Å². The number of carbonyl (C=O) groups excluding carboxylic acids is 1. The zero-order chi connectivity index (χ0) is 21.0. The van der Waals surface area contributed by atoms with E-state index in [0.29, 0.717) is 40.4 Å². The highest BCUT2D eigenvalue weighted by molar-refractivity contribution is 6.31.